The van der Waals surface area contributed by atoms with Gasteiger partial charge in [-0.3, -0.25) is 0 Å². The van der Waals surface area contributed by atoms with Gasteiger partial charge in [-0.15, -0.1) is 0 Å². The van der Waals surface area contributed by atoms with Gasteiger partial charge in [0.2, 0.25) is 5.76 Å². The average molecular weight is 186 g/mol. The maximum atomic E-state index is 10.3. The molecule has 0 bridgehead atoms. The lowest BCUT2D eigenvalue weighted by Gasteiger charge is -2.20. The molecule has 1 fully saturated rings. The van der Waals surface area contributed by atoms with Crippen molar-refractivity contribution in [3.05, 3.63) is 11.5 Å². The van der Waals surface area contributed by atoms with Gasteiger partial charge in [0.15, 0.2) is 0 Å². The largest absolute Gasteiger partial charge is 0.508 e. The van der Waals surface area contributed by atoms with Crippen molar-refractivity contribution in [2.75, 3.05) is 0 Å². The third kappa shape index (κ3) is 2.37. The van der Waals surface area contributed by atoms with Crippen LogP contribution in [-0.4, -0.2) is 21.3 Å². The van der Waals surface area contributed by atoms with E-state index >= 15 is 0 Å². The van der Waals surface area contributed by atoms with Crippen molar-refractivity contribution >= 4 is 5.97 Å². The second-order valence-corrected chi connectivity index (χ2v) is 3.37. The summed E-state index contributed by atoms with van der Waals surface area (Å²) in [6, 6.07) is 0. The van der Waals surface area contributed by atoms with E-state index in [2.05, 4.69) is 0 Å². The number of allylic oxidation sites excluding steroid dienone is 1. The molecular weight excluding hydrogens is 172 g/mol. The lowest BCUT2D eigenvalue weighted by molar-refractivity contribution is -0.136. The number of aliphatic carboxylic acids is 1. The monoisotopic (exact) mass is 186 g/mol. The molecule has 0 atom stereocenters. The summed E-state index contributed by atoms with van der Waals surface area (Å²) in [7, 11) is 0. The fourth-order valence-corrected chi connectivity index (χ4v) is 1.68. The van der Waals surface area contributed by atoms with E-state index in [1.807, 2.05) is 0 Å². The highest BCUT2D eigenvalue weighted by Gasteiger charge is 2.23. The van der Waals surface area contributed by atoms with Crippen LogP contribution in [0.1, 0.15) is 32.1 Å². The molecule has 74 valence electrons. The fourth-order valence-electron chi connectivity index (χ4n) is 1.68. The van der Waals surface area contributed by atoms with Gasteiger partial charge in [0.25, 0.3) is 0 Å². The van der Waals surface area contributed by atoms with Crippen LogP contribution in [0, 0.1) is 5.92 Å². The van der Waals surface area contributed by atoms with E-state index in [1.165, 1.54) is 0 Å². The summed E-state index contributed by atoms with van der Waals surface area (Å²) in [6.07, 6.45) is 4.63. The van der Waals surface area contributed by atoms with Gasteiger partial charge in [-0.05, 0) is 12.8 Å². The molecule has 4 nitrogen and oxygen atoms in total. The minimum Gasteiger partial charge on any atom is -0.508 e. The molecule has 1 rings (SSSR count). The summed E-state index contributed by atoms with van der Waals surface area (Å²) >= 11 is 0. The van der Waals surface area contributed by atoms with Gasteiger partial charge < -0.3 is 15.3 Å². The van der Waals surface area contributed by atoms with Crippen LogP contribution in [0.15, 0.2) is 11.5 Å². The van der Waals surface area contributed by atoms with Crippen LogP contribution >= 0.6 is 0 Å². The highest BCUT2D eigenvalue weighted by atomic mass is 16.4. The first-order valence-electron chi connectivity index (χ1n) is 4.48. The molecule has 0 spiro atoms. The van der Waals surface area contributed by atoms with Gasteiger partial charge in [0.1, 0.15) is 5.76 Å². The average Bonchev–Trinajstić information content (AvgIpc) is 2.17. The van der Waals surface area contributed by atoms with E-state index in [0.29, 0.717) is 0 Å². The fraction of sp³-hybridized carbons (Fsp3) is 0.667. The Kier molecular flexibility index (Phi) is 3.17. The number of aliphatic hydroxyl groups is 2. The third-order valence-electron chi connectivity index (χ3n) is 2.44. The zero-order chi connectivity index (χ0) is 9.84. The van der Waals surface area contributed by atoms with Crippen LogP contribution in [0.2, 0.25) is 0 Å². The minimum absolute atomic E-state index is 0.162. The molecule has 1 aliphatic carbocycles. The SMILES string of the molecule is O=C(O)/C(O)=C(/O)C1CCCCC1. The first-order chi connectivity index (χ1) is 6.13. The molecule has 13 heavy (non-hydrogen) atoms. The number of hydrogen-bond acceptors (Lipinski definition) is 3. The first-order valence-corrected chi connectivity index (χ1v) is 4.48. The van der Waals surface area contributed by atoms with E-state index in [1.54, 1.807) is 0 Å². The van der Waals surface area contributed by atoms with Crippen LogP contribution in [0.4, 0.5) is 0 Å². The molecule has 1 saturated carbocycles. The van der Waals surface area contributed by atoms with Crippen molar-refractivity contribution in [3.8, 4) is 0 Å². The van der Waals surface area contributed by atoms with Gasteiger partial charge in [0, 0.05) is 5.92 Å². The van der Waals surface area contributed by atoms with Crippen molar-refractivity contribution in [1.82, 2.24) is 0 Å². The molecule has 0 aromatic carbocycles. The van der Waals surface area contributed by atoms with Gasteiger partial charge in [-0.25, -0.2) is 4.79 Å². The predicted octanol–water partition coefficient (Wildman–Crippen LogP) is 1.98. The van der Waals surface area contributed by atoms with Crippen LogP contribution in [-0.2, 0) is 4.79 Å². The number of carboxylic acids is 1. The van der Waals surface area contributed by atoms with Crippen LogP contribution < -0.4 is 0 Å². The summed E-state index contributed by atoms with van der Waals surface area (Å²) in [5.74, 6) is -2.87. The Morgan fingerprint density at radius 1 is 1.00 bits per heavy atom. The van der Waals surface area contributed by atoms with Crippen molar-refractivity contribution in [1.29, 1.82) is 0 Å². The molecule has 0 radical (unpaired) electrons. The zero-order valence-electron chi connectivity index (χ0n) is 7.36. The van der Waals surface area contributed by atoms with E-state index in [4.69, 9.17) is 10.2 Å². The third-order valence-corrected chi connectivity index (χ3v) is 2.44. The highest BCUT2D eigenvalue weighted by molar-refractivity contribution is 5.84. The quantitative estimate of drug-likeness (QED) is 0.455. The van der Waals surface area contributed by atoms with E-state index in [0.717, 1.165) is 32.1 Å². The van der Waals surface area contributed by atoms with Crippen molar-refractivity contribution in [2.45, 2.75) is 32.1 Å². The lowest BCUT2D eigenvalue weighted by atomic mass is 9.87. The molecule has 4 heteroatoms. The number of aliphatic hydroxyl groups excluding tert-OH is 2. The first kappa shape index (κ1) is 9.89. The summed E-state index contributed by atoms with van der Waals surface area (Å²) in [5.41, 5.74) is 0. The molecule has 0 aromatic rings. The molecule has 0 amide bonds. The Morgan fingerprint density at radius 3 is 2.00 bits per heavy atom. The lowest BCUT2D eigenvalue weighted by Crippen LogP contribution is -2.14. The summed E-state index contributed by atoms with van der Waals surface area (Å²) in [5, 5.41) is 26.8. The van der Waals surface area contributed by atoms with Crippen LogP contribution in [0.5, 0.6) is 0 Å². The molecule has 0 aromatic heterocycles. The van der Waals surface area contributed by atoms with Crippen LogP contribution in [0.25, 0.3) is 0 Å². The molecule has 0 aliphatic heterocycles. The minimum atomic E-state index is -1.46. The van der Waals surface area contributed by atoms with E-state index in [9.17, 15) is 9.90 Å². The highest BCUT2D eigenvalue weighted by Crippen LogP contribution is 2.29. The zero-order valence-corrected chi connectivity index (χ0v) is 7.36. The second kappa shape index (κ2) is 4.16. The maximum Gasteiger partial charge on any atom is 0.374 e. The van der Waals surface area contributed by atoms with Crippen molar-refractivity contribution in [2.24, 2.45) is 5.92 Å². The maximum absolute atomic E-state index is 10.3. The summed E-state index contributed by atoms with van der Waals surface area (Å²) < 4.78 is 0. The Hall–Kier alpha value is -1.19. The van der Waals surface area contributed by atoms with Gasteiger partial charge >= 0.3 is 5.97 Å². The van der Waals surface area contributed by atoms with Crippen molar-refractivity contribution in [3.63, 3.8) is 0 Å². The van der Waals surface area contributed by atoms with Gasteiger partial charge in [-0.1, -0.05) is 19.3 Å². The molecular formula is C9H14O4. The molecule has 3 N–H and O–H groups in total. The smallest absolute Gasteiger partial charge is 0.374 e. The van der Waals surface area contributed by atoms with Gasteiger partial charge in [0.05, 0.1) is 0 Å². The Balaban J connectivity index is 2.68. The molecule has 0 saturated heterocycles. The topological polar surface area (TPSA) is 77.8 Å². The Morgan fingerprint density at radius 2 is 1.54 bits per heavy atom. The Labute approximate surface area is 76.5 Å². The normalized spacial score (nSPS) is 20.9. The van der Waals surface area contributed by atoms with Gasteiger partial charge in [-0.2, -0.15) is 0 Å². The standard InChI is InChI=1S/C9H14O4/c10-7(8(11)9(12)13)6-4-2-1-3-5-6/h6,10-11H,1-5H2,(H,12,13)/b8-7-. The summed E-state index contributed by atoms with van der Waals surface area (Å²) in [6.45, 7) is 0. The molecule has 0 unspecified atom stereocenters. The molecule has 1 aliphatic rings. The van der Waals surface area contributed by atoms with Crippen molar-refractivity contribution < 1.29 is 20.1 Å². The van der Waals surface area contributed by atoms with Crippen LogP contribution in [0.3, 0.4) is 0 Å². The second-order valence-electron chi connectivity index (χ2n) is 3.37. The number of carboxylic acid groups (broad SMARTS) is 1. The Bertz CT molecular complexity index is 226. The number of hydrogen-bond donors (Lipinski definition) is 3. The number of rotatable bonds is 2. The van der Waals surface area contributed by atoms with E-state index in [-0.39, 0.29) is 11.7 Å². The predicted molar refractivity (Wildman–Crippen MR) is 46.5 cm³/mol. The molecule has 0 heterocycles. The van der Waals surface area contributed by atoms with E-state index < -0.39 is 11.7 Å². The summed E-state index contributed by atoms with van der Waals surface area (Å²) in [4.78, 5) is 10.3. The number of carbonyl (C=O) groups is 1.